The first kappa shape index (κ1) is 13.8. The van der Waals surface area contributed by atoms with Crippen molar-refractivity contribution in [3.05, 3.63) is 34.4 Å². The first-order valence-corrected chi connectivity index (χ1v) is 6.90. The SMILES string of the molecule is CC(CNc1ccccc1[N+](=O)[O-])N1CCCCC1. The maximum absolute atomic E-state index is 10.9. The molecule has 1 saturated heterocycles. The highest BCUT2D eigenvalue weighted by Crippen LogP contribution is 2.23. The van der Waals surface area contributed by atoms with Crippen LogP contribution in [0.3, 0.4) is 0 Å². The minimum atomic E-state index is -0.339. The number of rotatable bonds is 5. The number of para-hydroxylation sites is 2. The van der Waals surface area contributed by atoms with Gasteiger partial charge in [0.05, 0.1) is 4.92 Å². The average molecular weight is 263 g/mol. The number of anilines is 1. The van der Waals surface area contributed by atoms with E-state index in [2.05, 4.69) is 17.1 Å². The van der Waals surface area contributed by atoms with E-state index in [0.29, 0.717) is 11.7 Å². The van der Waals surface area contributed by atoms with Crippen molar-refractivity contribution in [2.45, 2.75) is 32.2 Å². The van der Waals surface area contributed by atoms with Crippen molar-refractivity contribution in [3.8, 4) is 0 Å². The Labute approximate surface area is 113 Å². The Morgan fingerprint density at radius 2 is 2.00 bits per heavy atom. The van der Waals surface area contributed by atoms with Crippen LogP contribution in [-0.4, -0.2) is 35.5 Å². The third kappa shape index (κ3) is 3.67. The molecule has 104 valence electrons. The van der Waals surface area contributed by atoms with Gasteiger partial charge in [-0.05, 0) is 38.9 Å². The molecule has 2 rings (SSSR count). The monoisotopic (exact) mass is 263 g/mol. The fourth-order valence-corrected chi connectivity index (χ4v) is 2.53. The van der Waals surface area contributed by atoms with E-state index in [1.54, 1.807) is 12.1 Å². The van der Waals surface area contributed by atoms with Gasteiger partial charge in [-0.15, -0.1) is 0 Å². The lowest BCUT2D eigenvalue weighted by atomic mass is 10.1. The van der Waals surface area contributed by atoms with Crippen LogP contribution in [-0.2, 0) is 0 Å². The second-order valence-electron chi connectivity index (χ2n) is 5.10. The summed E-state index contributed by atoms with van der Waals surface area (Å²) in [6.07, 6.45) is 3.84. The summed E-state index contributed by atoms with van der Waals surface area (Å²) in [5.41, 5.74) is 0.754. The Hall–Kier alpha value is -1.62. The molecule has 0 aliphatic carbocycles. The number of benzene rings is 1. The smallest absolute Gasteiger partial charge is 0.292 e. The zero-order chi connectivity index (χ0) is 13.7. The lowest BCUT2D eigenvalue weighted by Gasteiger charge is -2.32. The topological polar surface area (TPSA) is 58.4 Å². The van der Waals surface area contributed by atoms with Crippen LogP contribution in [0.1, 0.15) is 26.2 Å². The quantitative estimate of drug-likeness (QED) is 0.655. The van der Waals surface area contributed by atoms with Crippen molar-refractivity contribution in [1.82, 2.24) is 4.90 Å². The maximum Gasteiger partial charge on any atom is 0.292 e. The van der Waals surface area contributed by atoms with Crippen LogP contribution in [0.15, 0.2) is 24.3 Å². The van der Waals surface area contributed by atoms with Crippen molar-refractivity contribution in [2.24, 2.45) is 0 Å². The third-order valence-corrected chi connectivity index (χ3v) is 3.70. The number of likely N-dealkylation sites (tertiary alicyclic amines) is 1. The molecule has 0 aromatic heterocycles. The number of nitro groups is 1. The van der Waals surface area contributed by atoms with Gasteiger partial charge in [-0.3, -0.25) is 15.0 Å². The number of nitro benzene ring substituents is 1. The summed E-state index contributed by atoms with van der Waals surface area (Å²) in [6.45, 7) is 5.19. The van der Waals surface area contributed by atoms with Gasteiger partial charge >= 0.3 is 0 Å². The molecule has 1 aliphatic heterocycles. The zero-order valence-electron chi connectivity index (χ0n) is 11.3. The van der Waals surface area contributed by atoms with E-state index < -0.39 is 0 Å². The minimum Gasteiger partial charge on any atom is -0.378 e. The first-order valence-electron chi connectivity index (χ1n) is 6.90. The van der Waals surface area contributed by atoms with Gasteiger partial charge in [-0.1, -0.05) is 18.6 Å². The molecule has 0 bridgehead atoms. The number of hydrogen-bond donors (Lipinski definition) is 1. The Morgan fingerprint density at radius 1 is 1.32 bits per heavy atom. The highest BCUT2D eigenvalue weighted by atomic mass is 16.6. The van der Waals surface area contributed by atoms with Crippen LogP contribution < -0.4 is 5.32 Å². The van der Waals surface area contributed by atoms with E-state index >= 15 is 0 Å². The molecular weight excluding hydrogens is 242 g/mol. The van der Waals surface area contributed by atoms with Crippen LogP contribution >= 0.6 is 0 Å². The summed E-state index contributed by atoms with van der Waals surface area (Å²) in [5.74, 6) is 0. The Balaban J connectivity index is 1.92. The minimum absolute atomic E-state index is 0.147. The number of nitrogens with one attached hydrogen (secondary N) is 1. The van der Waals surface area contributed by atoms with Gasteiger partial charge in [0, 0.05) is 18.7 Å². The maximum atomic E-state index is 10.9. The molecule has 1 heterocycles. The largest absolute Gasteiger partial charge is 0.378 e. The van der Waals surface area contributed by atoms with Crippen LogP contribution in [0.4, 0.5) is 11.4 Å². The molecule has 5 heteroatoms. The third-order valence-electron chi connectivity index (χ3n) is 3.70. The molecule has 0 saturated carbocycles. The molecule has 0 radical (unpaired) electrons. The summed E-state index contributed by atoms with van der Waals surface area (Å²) in [7, 11) is 0. The van der Waals surface area contributed by atoms with Gasteiger partial charge in [-0.2, -0.15) is 0 Å². The molecule has 19 heavy (non-hydrogen) atoms. The molecule has 1 atom stereocenters. The molecule has 1 unspecified atom stereocenters. The van der Waals surface area contributed by atoms with Gasteiger partial charge in [0.25, 0.3) is 5.69 Å². The molecule has 0 amide bonds. The molecule has 5 nitrogen and oxygen atoms in total. The summed E-state index contributed by atoms with van der Waals surface area (Å²) in [4.78, 5) is 13.0. The lowest BCUT2D eigenvalue weighted by molar-refractivity contribution is -0.384. The zero-order valence-corrected chi connectivity index (χ0v) is 11.3. The van der Waals surface area contributed by atoms with Gasteiger partial charge in [0.2, 0.25) is 0 Å². The molecule has 0 spiro atoms. The summed E-state index contributed by atoms with van der Waals surface area (Å²) >= 11 is 0. The van der Waals surface area contributed by atoms with Crippen molar-refractivity contribution in [2.75, 3.05) is 25.0 Å². The average Bonchev–Trinajstić information content (AvgIpc) is 2.46. The molecule has 1 aliphatic rings. The van der Waals surface area contributed by atoms with Gasteiger partial charge < -0.3 is 5.32 Å². The van der Waals surface area contributed by atoms with Crippen LogP contribution in [0, 0.1) is 10.1 Å². The number of hydrogen-bond acceptors (Lipinski definition) is 4. The van der Waals surface area contributed by atoms with E-state index in [9.17, 15) is 10.1 Å². The van der Waals surface area contributed by atoms with Gasteiger partial charge in [-0.25, -0.2) is 0 Å². The highest BCUT2D eigenvalue weighted by molar-refractivity contribution is 5.61. The summed E-state index contributed by atoms with van der Waals surface area (Å²) < 4.78 is 0. The fourth-order valence-electron chi connectivity index (χ4n) is 2.53. The van der Waals surface area contributed by atoms with E-state index in [-0.39, 0.29) is 10.6 Å². The first-order chi connectivity index (χ1) is 9.18. The van der Waals surface area contributed by atoms with Crippen molar-refractivity contribution >= 4 is 11.4 Å². The van der Waals surface area contributed by atoms with E-state index in [4.69, 9.17) is 0 Å². The normalized spacial score (nSPS) is 17.9. The van der Waals surface area contributed by atoms with Gasteiger partial charge in [0.15, 0.2) is 0 Å². The fraction of sp³-hybridized carbons (Fsp3) is 0.571. The van der Waals surface area contributed by atoms with Crippen LogP contribution in [0.2, 0.25) is 0 Å². The Kier molecular flexibility index (Phi) is 4.74. The highest BCUT2D eigenvalue weighted by Gasteiger charge is 2.18. The second kappa shape index (κ2) is 6.52. The second-order valence-corrected chi connectivity index (χ2v) is 5.10. The predicted molar refractivity (Wildman–Crippen MR) is 76.5 cm³/mol. The Bertz CT molecular complexity index is 430. The summed E-state index contributed by atoms with van der Waals surface area (Å²) in [5, 5.41) is 14.1. The Morgan fingerprint density at radius 3 is 2.68 bits per heavy atom. The summed E-state index contributed by atoms with van der Waals surface area (Å²) in [6, 6.07) is 7.22. The van der Waals surface area contributed by atoms with Crippen molar-refractivity contribution < 1.29 is 4.92 Å². The van der Waals surface area contributed by atoms with Crippen LogP contribution in [0.25, 0.3) is 0 Å². The molecule has 1 N–H and O–H groups in total. The molecule has 1 fully saturated rings. The van der Waals surface area contributed by atoms with E-state index in [0.717, 1.165) is 19.6 Å². The van der Waals surface area contributed by atoms with Gasteiger partial charge in [0.1, 0.15) is 5.69 Å². The van der Waals surface area contributed by atoms with Crippen molar-refractivity contribution in [3.63, 3.8) is 0 Å². The van der Waals surface area contributed by atoms with Crippen molar-refractivity contribution in [1.29, 1.82) is 0 Å². The lowest BCUT2D eigenvalue weighted by Crippen LogP contribution is -2.41. The number of nitrogens with zero attached hydrogens (tertiary/aromatic N) is 2. The standard InChI is InChI=1S/C14H21N3O2/c1-12(16-9-5-2-6-10-16)11-15-13-7-3-4-8-14(13)17(18)19/h3-4,7-8,12,15H,2,5-6,9-11H2,1H3. The van der Waals surface area contributed by atoms with Crippen LogP contribution in [0.5, 0.6) is 0 Å². The number of piperidine rings is 1. The predicted octanol–water partition coefficient (Wildman–Crippen LogP) is 2.88. The molecular formula is C14H21N3O2. The van der Waals surface area contributed by atoms with E-state index in [1.165, 1.54) is 25.3 Å². The van der Waals surface area contributed by atoms with E-state index in [1.807, 2.05) is 6.07 Å². The molecule has 1 aromatic carbocycles. The molecule has 1 aromatic rings.